The van der Waals surface area contributed by atoms with Gasteiger partial charge in [0.25, 0.3) is 0 Å². The van der Waals surface area contributed by atoms with Crippen LogP contribution in [-0.4, -0.2) is 18.8 Å². The Balaban J connectivity index is 2.94. The van der Waals surface area contributed by atoms with Crippen LogP contribution in [0, 0.1) is 0 Å². The molecule has 0 aliphatic heterocycles. The minimum absolute atomic E-state index is 0.525. The highest BCUT2D eigenvalue weighted by molar-refractivity contribution is 5.41. The summed E-state index contributed by atoms with van der Waals surface area (Å²) < 4.78 is 10.7. The maximum atomic E-state index is 9.55. The van der Waals surface area contributed by atoms with Crippen molar-refractivity contribution in [1.82, 2.24) is 0 Å². The number of aliphatic hydroxyl groups is 1. The van der Waals surface area contributed by atoms with Crippen molar-refractivity contribution in [3.05, 3.63) is 23.8 Å². The second kappa shape index (κ2) is 5.61. The van der Waals surface area contributed by atoms with Crippen LogP contribution in [0.2, 0.25) is 0 Å². The Morgan fingerprint density at radius 2 is 2.13 bits per heavy atom. The van der Waals surface area contributed by atoms with E-state index < -0.39 is 6.10 Å². The third kappa shape index (κ3) is 3.13. The van der Waals surface area contributed by atoms with Gasteiger partial charge in [0.2, 0.25) is 0 Å². The quantitative estimate of drug-likeness (QED) is 0.811. The van der Waals surface area contributed by atoms with E-state index in [1.54, 1.807) is 20.1 Å². The summed E-state index contributed by atoms with van der Waals surface area (Å²) in [6.45, 7) is 4.41. The zero-order valence-corrected chi connectivity index (χ0v) is 9.49. The van der Waals surface area contributed by atoms with E-state index in [-0.39, 0.29) is 0 Å². The number of ether oxygens (including phenoxy) is 2. The summed E-state index contributed by atoms with van der Waals surface area (Å²) >= 11 is 0. The number of hydrogen-bond donors (Lipinski definition) is 1. The SMILES string of the molecule is CCCOc1cc(OC)ccc1[C@@H](C)O. The lowest BCUT2D eigenvalue weighted by molar-refractivity contribution is 0.191. The van der Waals surface area contributed by atoms with Gasteiger partial charge in [-0.1, -0.05) is 6.92 Å². The van der Waals surface area contributed by atoms with Gasteiger partial charge in [-0.3, -0.25) is 0 Å². The highest BCUT2D eigenvalue weighted by Gasteiger charge is 2.10. The molecule has 0 aromatic heterocycles. The van der Waals surface area contributed by atoms with Gasteiger partial charge in [-0.2, -0.15) is 0 Å². The maximum absolute atomic E-state index is 9.55. The second-order valence-corrected chi connectivity index (χ2v) is 3.43. The normalized spacial score (nSPS) is 12.3. The van der Waals surface area contributed by atoms with Gasteiger partial charge >= 0.3 is 0 Å². The Morgan fingerprint density at radius 1 is 1.40 bits per heavy atom. The van der Waals surface area contributed by atoms with E-state index in [4.69, 9.17) is 9.47 Å². The predicted octanol–water partition coefficient (Wildman–Crippen LogP) is 2.54. The molecular weight excluding hydrogens is 192 g/mol. The van der Waals surface area contributed by atoms with Crippen LogP contribution < -0.4 is 9.47 Å². The molecule has 0 aliphatic carbocycles. The molecule has 15 heavy (non-hydrogen) atoms. The van der Waals surface area contributed by atoms with Crippen LogP contribution >= 0.6 is 0 Å². The topological polar surface area (TPSA) is 38.7 Å². The van der Waals surface area contributed by atoms with Gasteiger partial charge in [-0.05, 0) is 25.5 Å². The second-order valence-electron chi connectivity index (χ2n) is 3.43. The van der Waals surface area contributed by atoms with E-state index in [0.29, 0.717) is 12.4 Å². The smallest absolute Gasteiger partial charge is 0.128 e. The summed E-state index contributed by atoms with van der Waals surface area (Å²) in [6, 6.07) is 5.45. The standard InChI is InChI=1S/C12H18O3/c1-4-7-15-12-8-10(14-3)5-6-11(12)9(2)13/h5-6,8-9,13H,4,7H2,1-3H3/t9-/m1/s1. The first kappa shape index (κ1) is 11.9. The van der Waals surface area contributed by atoms with Crippen LogP contribution in [0.25, 0.3) is 0 Å². The number of aliphatic hydroxyl groups excluding tert-OH is 1. The Bertz CT molecular complexity index is 308. The molecule has 0 heterocycles. The number of rotatable bonds is 5. The third-order valence-electron chi connectivity index (χ3n) is 2.13. The van der Waals surface area contributed by atoms with Crippen LogP contribution in [0.4, 0.5) is 0 Å². The first-order valence-corrected chi connectivity index (χ1v) is 5.17. The van der Waals surface area contributed by atoms with Crippen molar-refractivity contribution < 1.29 is 14.6 Å². The zero-order chi connectivity index (χ0) is 11.3. The van der Waals surface area contributed by atoms with Gasteiger partial charge in [-0.15, -0.1) is 0 Å². The highest BCUT2D eigenvalue weighted by Crippen LogP contribution is 2.29. The van der Waals surface area contributed by atoms with Crippen molar-refractivity contribution in [2.45, 2.75) is 26.4 Å². The zero-order valence-electron chi connectivity index (χ0n) is 9.49. The van der Waals surface area contributed by atoms with Gasteiger partial charge in [0.15, 0.2) is 0 Å². The molecule has 1 atom stereocenters. The predicted molar refractivity (Wildman–Crippen MR) is 59.4 cm³/mol. The molecule has 0 amide bonds. The van der Waals surface area contributed by atoms with Crippen molar-refractivity contribution >= 4 is 0 Å². The minimum atomic E-state index is -0.525. The summed E-state index contributed by atoms with van der Waals surface area (Å²) in [5.74, 6) is 1.44. The third-order valence-corrected chi connectivity index (χ3v) is 2.13. The maximum Gasteiger partial charge on any atom is 0.128 e. The lowest BCUT2D eigenvalue weighted by Crippen LogP contribution is -2.01. The van der Waals surface area contributed by atoms with Crippen LogP contribution in [-0.2, 0) is 0 Å². The van der Waals surface area contributed by atoms with Crippen LogP contribution in [0.5, 0.6) is 11.5 Å². The molecule has 0 aliphatic rings. The monoisotopic (exact) mass is 210 g/mol. The van der Waals surface area contributed by atoms with E-state index in [0.717, 1.165) is 17.7 Å². The molecule has 1 rings (SSSR count). The van der Waals surface area contributed by atoms with Gasteiger partial charge in [0, 0.05) is 11.6 Å². The lowest BCUT2D eigenvalue weighted by atomic mass is 10.1. The number of hydrogen-bond acceptors (Lipinski definition) is 3. The lowest BCUT2D eigenvalue weighted by Gasteiger charge is -2.14. The molecule has 3 heteroatoms. The molecule has 1 N–H and O–H groups in total. The van der Waals surface area contributed by atoms with Crippen molar-refractivity contribution in [3.8, 4) is 11.5 Å². The largest absolute Gasteiger partial charge is 0.497 e. The van der Waals surface area contributed by atoms with E-state index in [2.05, 4.69) is 0 Å². The molecule has 0 spiro atoms. The van der Waals surface area contributed by atoms with Gasteiger partial charge < -0.3 is 14.6 Å². The van der Waals surface area contributed by atoms with Crippen molar-refractivity contribution in [3.63, 3.8) is 0 Å². The summed E-state index contributed by atoms with van der Waals surface area (Å²) in [6.07, 6.45) is 0.416. The Kier molecular flexibility index (Phi) is 4.43. The highest BCUT2D eigenvalue weighted by atomic mass is 16.5. The van der Waals surface area contributed by atoms with Gasteiger partial charge in [0.05, 0.1) is 19.8 Å². The first-order chi connectivity index (χ1) is 7.19. The molecule has 0 unspecified atom stereocenters. The summed E-state index contributed by atoms with van der Waals surface area (Å²) in [4.78, 5) is 0. The minimum Gasteiger partial charge on any atom is -0.497 e. The fourth-order valence-corrected chi connectivity index (χ4v) is 1.32. The molecule has 0 radical (unpaired) electrons. The fourth-order valence-electron chi connectivity index (χ4n) is 1.32. The average Bonchev–Trinajstić information content (AvgIpc) is 2.25. The van der Waals surface area contributed by atoms with E-state index in [9.17, 15) is 5.11 Å². The summed E-state index contributed by atoms with van der Waals surface area (Å²) in [7, 11) is 1.61. The molecule has 3 nitrogen and oxygen atoms in total. The van der Waals surface area contributed by atoms with Crippen molar-refractivity contribution in [2.24, 2.45) is 0 Å². The molecule has 1 aromatic rings. The molecule has 0 bridgehead atoms. The van der Waals surface area contributed by atoms with Crippen LogP contribution in [0.3, 0.4) is 0 Å². The fraction of sp³-hybridized carbons (Fsp3) is 0.500. The molecule has 0 saturated carbocycles. The van der Waals surface area contributed by atoms with E-state index in [1.165, 1.54) is 0 Å². The summed E-state index contributed by atoms with van der Waals surface area (Å²) in [5, 5.41) is 9.55. The van der Waals surface area contributed by atoms with Crippen molar-refractivity contribution in [2.75, 3.05) is 13.7 Å². The number of methoxy groups -OCH3 is 1. The van der Waals surface area contributed by atoms with Crippen LogP contribution in [0.15, 0.2) is 18.2 Å². The van der Waals surface area contributed by atoms with E-state index in [1.807, 2.05) is 19.1 Å². The van der Waals surface area contributed by atoms with Gasteiger partial charge in [-0.25, -0.2) is 0 Å². The molecule has 1 aromatic carbocycles. The molecule has 0 fully saturated rings. The average molecular weight is 210 g/mol. The molecule has 0 saturated heterocycles. The first-order valence-electron chi connectivity index (χ1n) is 5.17. The molecule has 84 valence electrons. The summed E-state index contributed by atoms with van der Waals surface area (Å²) in [5.41, 5.74) is 0.796. The van der Waals surface area contributed by atoms with Crippen LogP contribution in [0.1, 0.15) is 31.9 Å². The Morgan fingerprint density at radius 3 is 2.67 bits per heavy atom. The Hall–Kier alpha value is -1.22. The van der Waals surface area contributed by atoms with E-state index >= 15 is 0 Å². The number of benzene rings is 1. The van der Waals surface area contributed by atoms with Crippen molar-refractivity contribution in [1.29, 1.82) is 0 Å². The Labute approximate surface area is 90.6 Å². The molecular formula is C12H18O3. The van der Waals surface area contributed by atoms with Gasteiger partial charge in [0.1, 0.15) is 11.5 Å².